The Balaban J connectivity index is 2.21. The molecular formula is C14H12ClF2NO2S. The maximum atomic E-state index is 13.1. The van der Waals surface area contributed by atoms with Crippen molar-refractivity contribution in [2.45, 2.75) is 18.4 Å². The minimum Gasteiger partial charge on any atom is -0.207 e. The van der Waals surface area contributed by atoms with Crippen molar-refractivity contribution in [1.82, 2.24) is 4.72 Å². The molecule has 0 aliphatic rings. The van der Waals surface area contributed by atoms with Crippen LogP contribution in [0.1, 0.15) is 11.1 Å². The first kappa shape index (κ1) is 15.9. The van der Waals surface area contributed by atoms with Gasteiger partial charge in [0.1, 0.15) is 0 Å². The van der Waals surface area contributed by atoms with Crippen LogP contribution in [0.2, 0.25) is 5.02 Å². The zero-order valence-corrected chi connectivity index (χ0v) is 12.6. The van der Waals surface area contributed by atoms with Gasteiger partial charge >= 0.3 is 0 Å². The highest BCUT2D eigenvalue weighted by atomic mass is 35.5. The standard InChI is InChI=1S/C14H12ClF2NO2S/c1-9-2-3-11(15)6-10(9)8-18-21(19,20)12-4-5-13(16)14(17)7-12/h2-7,18H,8H2,1H3. The topological polar surface area (TPSA) is 46.2 Å². The van der Waals surface area contributed by atoms with Gasteiger partial charge in [0.05, 0.1) is 4.90 Å². The molecule has 2 rings (SSSR count). The van der Waals surface area contributed by atoms with Gasteiger partial charge in [0.2, 0.25) is 10.0 Å². The van der Waals surface area contributed by atoms with Crippen molar-refractivity contribution in [3.8, 4) is 0 Å². The summed E-state index contributed by atoms with van der Waals surface area (Å²) in [4.78, 5) is -0.332. The smallest absolute Gasteiger partial charge is 0.207 e. The van der Waals surface area contributed by atoms with E-state index in [1.807, 2.05) is 6.92 Å². The number of aryl methyl sites for hydroxylation is 1. The Labute approximate surface area is 126 Å². The number of hydrogen-bond acceptors (Lipinski definition) is 2. The van der Waals surface area contributed by atoms with Crippen LogP contribution in [-0.4, -0.2) is 8.42 Å². The molecule has 0 aliphatic heterocycles. The Hall–Kier alpha value is -1.50. The Bertz CT molecular complexity index is 779. The third-order valence-electron chi connectivity index (χ3n) is 2.97. The Morgan fingerprint density at radius 2 is 1.81 bits per heavy atom. The molecule has 0 fully saturated rings. The molecule has 0 unspecified atom stereocenters. The molecule has 2 aromatic rings. The van der Waals surface area contributed by atoms with E-state index in [-0.39, 0.29) is 11.4 Å². The Morgan fingerprint density at radius 3 is 2.48 bits per heavy atom. The average Bonchev–Trinajstić information content (AvgIpc) is 2.43. The van der Waals surface area contributed by atoms with Gasteiger partial charge in [-0.2, -0.15) is 0 Å². The maximum Gasteiger partial charge on any atom is 0.240 e. The summed E-state index contributed by atoms with van der Waals surface area (Å²) in [5.74, 6) is -2.31. The van der Waals surface area contributed by atoms with Gasteiger partial charge in [0.15, 0.2) is 11.6 Å². The molecule has 21 heavy (non-hydrogen) atoms. The molecule has 0 atom stereocenters. The number of benzene rings is 2. The SMILES string of the molecule is Cc1ccc(Cl)cc1CNS(=O)(=O)c1ccc(F)c(F)c1. The molecule has 7 heteroatoms. The van der Waals surface area contributed by atoms with E-state index >= 15 is 0 Å². The van der Waals surface area contributed by atoms with E-state index in [0.29, 0.717) is 16.7 Å². The van der Waals surface area contributed by atoms with Crippen molar-refractivity contribution < 1.29 is 17.2 Å². The lowest BCUT2D eigenvalue weighted by Gasteiger charge is -2.09. The third-order valence-corrected chi connectivity index (χ3v) is 4.60. The molecule has 0 spiro atoms. The van der Waals surface area contributed by atoms with E-state index in [4.69, 9.17) is 11.6 Å². The monoisotopic (exact) mass is 331 g/mol. The first-order valence-electron chi connectivity index (χ1n) is 5.99. The second-order valence-corrected chi connectivity index (χ2v) is 6.67. The van der Waals surface area contributed by atoms with Gasteiger partial charge < -0.3 is 0 Å². The van der Waals surface area contributed by atoms with E-state index in [1.54, 1.807) is 18.2 Å². The molecule has 0 bridgehead atoms. The van der Waals surface area contributed by atoms with Gasteiger partial charge in [-0.3, -0.25) is 0 Å². The van der Waals surface area contributed by atoms with Crippen molar-refractivity contribution in [3.63, 3.8) is 0 Å². The van der Waals surface area contributed by atoms with Crippen LogP contribution < -0.4 is 4.72 Å². The van der Waals surface area contributed by atoms with E-state index in [9.17, 15) is 17.2 Å². The molecule has 2 aromatic carbocycles. The van der Waals surface area contributed by atoms with Crippen molar-refractivity contribution in [2.75, 3.05) is 0 Å². The molecule has 3 nitrogen and oxygen atoms in total. The minimum atomic E-state index is -3.93. The number of hydrogen-bond donors (Lipinski definition) is 1. The zero-order valence-electron chi connectivity index (χ0n) is 11.0. The second kappa shape index (κ2) is 6.09. The number of nitrogens with one attached hydrogen (secondary N) is 1. The molecule has 0 aliphatic carbocycles. The second-order valence-electron chi connectivity index (χ2n) is 4.47. The maximum absolute atomic E-state index is 13.1. The van der Waals surface area contributed by atoms with E-state index in [1.165, 1.54) is 0 Å². The van der Waals surface area contributed by atoms with E-state index < -0.39 is 21.7 Å². The number of halogens is 3. The molecule has 0 saturated carbocycles. The summed E-state index contributed by atoms with van der Waals surface area (Å²) in [6.07, 6.45) is 0. The van der Waals surface area contributed by atoms with Crippen molar-refractivity contribution in [3.05, 3.63) is 64.2 Å². The van der Waals surface area contributed by atoms with Gasteiger partial charge in [0, 0.05) is 11.6 Å². The molecule has 0 radical (unpaired) electrons. The summed E-state index contributed by atoms with van der Waals surface area (Å²) in [6, 6.07) is 7.53. The highest BCUT2D eigenvalue weighted by Crippen LogP contribution is 2.17. The molecule has 0 saturated heterocycles. The van der Waals surface area contributed by atoms with Gasteiger partial charge in [-0.1, -0.05) is 17.7 Å². The van der Waals surface area contributed by atoms with Gasteiger partial charge in [0.25, 0.3) is 0 Å². The van der Waals surface area contributed by atoms with Crippen LogP contribution in [-0.2, 0) is 16.6 Å². The summed E-state index contributed by atoms with van der Waals surface area (Å²) in [6.45, 7) is 1.82. The highest BCUT2D eigenvalue weighted by Gasteiger charge is 2.16. The lowest BCUT2D eigenvalue weighted by atomic mass is 10.1. The molecule has 112 valence electrons. The first-order chi connectivity index (χ1) is 9.79. The summed E-state index contributed by atoms with van der Waals surface area (Å²) >= 11 is 5.85. The molecule has 1 N–H and O–H groups in total. The van der Waals surface area contributed by atoms with Gasteiger partial charge in [-0.05, 0) is 48.4 Å². The van der Waals surface area contributed by atoms with Crippen LogP contribution in [0.5, 0.6) is 0 Å². The van der Waals surface area contributed by atoms with E-state index in [0.717, 1.165) is 17.7 Å². The predicted octanol–water partition coefficient (Wildman–Crippen LogP) is 3.41. The molecular weight excluding hydrogens is 320 g/mol. The molecule has 0 heterocycles. The Kier molecular flexibility index (Phi) is 4.61. The lowest BCUT2D eigenvalue weighted by molar-refractivity contribution is 0.504. The largest absolute Gasteiger partial charge is 0.240 e. The quantitative estimate of drug-likeness (QED) is 0.933. The number of sulfonamides is 1. The van der Waals surface area contributed by atoms with Gasteiger partial charge in [-0.15, -0.1) is 0 Å². The summed E-state index contributed by atoms with van der Waals surface area (Å²) in [7, 11) is -3.93. The fourth-order valence-corrected chi connectivity index (χ4v) is 2.94. The van der Waals surface area contributed by atoms with Gasteiger partial charge in [-0.25, -0.2) is 21.9 Å². The first-order valence-corrected chi connectivity index (χ1v) is 7.85. The minimum absolute atomic E-state index is 0.00766. The molecule has 0 aromatic heterocycles. The fourth-order valence-electron chi connectivity index (χ4n) is 1.73. The van der Waals surface area contributed by atoms with Crippen LogP contribution in [0, 0.1) is 18.6 Å². The van der Waals surface area contributed by atoms with Crippen molar-refractivity contribution in [2.24, 2.45) is 0 Å². The highest BCUT2D eigenvalue weighted by molar-refractivity contribution is 7.89. The van der Waals surface area contributed by atoms with Crippen LogP contribution in [0.4, 0.5) is 8.78 Å². The van der Waals surface area contributed by atoms with Crippen molar-refractivity contribution in [1.29, 1.82) is 0 Å². The van der Waals surface area contributed by atoms with Crippen LogP contribution >= 0.6 is 11.6 Å². The summed E-state index contributed by atoms with van der Waals surface area (Å²) in [5.41, 5.74) is 1.57. The number of rotatable bonds is 4. The third kappa shape index (κ3) is 3.78. The van der Waals surface area contributed by atoms with E-state index in [2.05, 4.69) is 4.72 Å². The lowest BCUT2D eigenvalue weighted by Crippen LogP contribution is -2.23. The zero-order chi connectivity index (χ0) is 15.6. The normalized spacial score (nSPS) is 11.6. The molecule has 0 amide bonds. The fraction of sp³-hybridized carbons (Fsp3) is 0.143. The predicted molar refractivity (Wildman–Crippen MR) is 76.6 cm³/mol. The van der Waals surface area contributed by atoms with Crippen molar-refractivity contribution >= 4 is 21.6 Å². The van der Waals surface area contributed by atoms with Crippen LogP contribution in [0.25, 0.3) is 0 Å². The Morgan fingerprint density at radius 1 is 1.10 bits per heavy atom. The van der Waals surface area contributed by atoms with Crippen LogP contribution in [0.3, 0.4) is 0 Å². The van der Waals surface area contributed by atoms with Crippen LogP contribution in [0.15, 0.2) is 41.3 Å². The summed E-state index contributed by atoms with van der Waals surface area (Å²) in [5, 5.41) is 0.489. The average molecular weight is 332 g/mol. The summed E-state index contributed by atoms with van der Waals surface area (Å²) < 4.78 is 52.3.